The number of nitrogens with one attached hydrogen (secondary N) is 1. The molecule has 2 heterocycles. The van der Waals surface area contributed by atoms with Crippen LogP contribution in [0.5, 0.6) is 5.75 Å². The van der Waals surface area contributed by atoms with Crippen LogP contribution in [0.3, 0.4) is 0 Å². The summed E-state index contributed by atoms with van der Waals surface area (Å²) in [5.74, 6) is 1.46. The Labute approximate surface area is 164 Å². The van der Waals surface area contributed by atoms with Gasteiger partial charge < -0.3 is 14.6 Å². The third-order valence-corrected chi connectivity index (χ3v) is 4.77. The highest BCUT2D eigenvalue weighted by Gasteiger charge is 2.17. The highest BCUT2D eigenvalue weighted by Crippen LogP contribution is 2.29. The number of ether oxygens (including phenoxy) is 1. The normalized spacial score (nSPS) is 16.3. The van der Waals surface area contributed by atoms with Crippen molar-refractivity contribution in [1.82, 2.24) is 15.5 Å². The average Bonchev–Trinajstić information content (AvgIpc) is 3.40. The molecule has 4 rings (SSSR count). The topological polar surface area (TPSA) is 84.0 Å². The third-order valence-electron chi connectivity index (χ3n) is 4.77. The van der Waals surface area contributed by atoms with Crippen LogP contribution in [-0.4, -0.2) is 22.8 Å². The Morgan fingerprint density at radius 3 is 2.64 bits per heavy atom. The zero-order chi connectivity index (χ0) is 19.5. The van der Waals surface area contributed by atoms with Gasteiger partial charge in [-0.25, -0.2) is 0 Å². The summed E-state index contributed by atoms with van der Waals surface area (Å²) >= 11 is 0. The number of hydrogen-bond donors (Lipinski definition) is 1. The van der Waals surface area contributed by atoms with Crippen LogP contribution in [0.15, 0.2) is 47.0 Å². The van der Waals surface area contributed by atoms with Crippen molar-refractivity contribution >= 4 is 0 Å². The second-order valence-corrected chi connectivity index (χ2v) is 7.18. The Kier molecular flexibility index (Phi) is 5.09. The van der Waals surface area contributed by atoms with Gasteiger partial charge in [0.15, 0.2) is 0 Å². The van der Waals surface area contributed by atoms with Crippen LogP contribution in [0.4, 0.5) is 0 Å². The summed E-state index contributed by atoms with van der Waals surface area (Å²) < 4.78 is 11.1. The van der Waals surface area contributed by atoms with E-state index in [0.29, 0.717) is 34.6 Å². The van der Waals surface area contributed by atoms with E-state index in [-0.39, 0.29) is 6.10 Å². The van der Waals surface area contributed by atoms with Gasteiger partial charge in [-0.1, -0.05) is 29.4 Å². The lowest BCUT2D eigenvalue weighted by Crippen LogP contribution is -2.12. The Balaban J connectivity index is 1.56. The molecule has 3 aromatic rings. The van der Waals surface area contributed by atoms with Gasteiger partial charge in [-0.15, -0.1) is 0 Å². The Hall–Kier alpha value is -3.17. The third kappa shape index (κ3) is 3.75. The van der Waals surface area contributed by atoms with E-state index >= 15 is 0 Å². The van der Waals surface area contributed by atoms with Crippen LogP contribution in [-0.2, 0) is 0 Å². The summed E-state index contributed by atoms with van der Waals surface area (Å²) in [6.45, 7) is 4.92. The second kappa shape index (κ2) is 7.83. The zero-order valence-corrected chi connectivity index (χ0v) is 16.0. The first-order chi connectivity index (χ1) is 13.6. The largest absolute Gasteiger partial charge is 0.490 e. The monoisotopic (exact) mass is 374 g/mol. The molecule has 1 aliphatic heterocycles. The van der Waals surface area contributed by atoms with Crippen LogP contribution in [0.2, 0.25) is 0 Å². The maximum Gasteiger partial charge on any atom is 0.258 e. The summed E-state index contributed by atoms with van der Waals surface area (Å²) in [5.41, 5.74) is 3.32. The molecule has 1 N–H and O–H groups in total. The van der Waals surface area contributed by atoms with E-state index in [1.807, 2.05) is 32.0 Å². The molecule has 0 radical (unpaired) electrons. The molecule has 6 nitrogen and oxygen atoms in total. The van der Waals surface area contributed by atoms with Crippen molar-refractivity contribution in [2.45, 2.75) is 38.8 Å². The van der Waals surface area contributed by atoms with Gasteiger partial charge in [0.25, 0.3) is 5.89 Å². The van der Waals surface area contributed by atoms with E-state index in [1.165, 1.54) is 18.4 Å². The van der Waals surface area contributed by atoms with E-state index < -0.39 is 0 Å². The van der Waals surface area contributed by atoms with Gasteiger partial charge in [-0.05, 0) is 57.0 Å². The molecular weight excluding hydrogens is 352 g/mol. The fourth-order valence-electron chi connectivity index (χ4n) is 3.40. The lowest BCUT2D eigenvalue weighted by atomic mass is 10.0. The minimum Gasteiger partial charge on any atom is -0.490 e. The molecule has 0 spiro atoms. The number of nitriles is 1. The van der Waals surface area contributed by atoms with Crippen LogP contribution in [0.25, 0.3) is 22.8 Å². The first kappa shape index (κ1) is 18.2. The van der Waals surface area contributed by atoms with Gasteiger partial charge >= 0.3 is 0 Å². The lowest BCUT2D eigenvalue weighted by Gasteiger charge is -2.11. The number of benzene rings is 2. The average molecular weight is 374 g/mol. The number of hydrogen-bond acceptors (Lipinski definition) is 6. The molecule has 0 amide bonds. The van der Waals surface area contributed by atoms with Crippen molar-refractivity contribution in [2.75, 3.05) is 6.54 Å². The van der Waals surface area contributed by atoms with Crippen LogP contribution < -0.4 is 10.1 Å². The van der Waals surface area contributed by atoms with Gasteiger partial charge in [-0.3, -0.25) is 0 Å². The summed E-state index contributed by atoms with van der Waals surface area (Å²) in [7, 11) is 0. The maximum absolute atomic E-state index is 9.40. The molecule has 0 saturated carbocycles. The van der Waals surface area contributed by atoms with Crippen molar-refractivity contribution < 1.29 is 9.26 Å². The summed E-state index contributed by atoms with van der Waals surface area (Å²) in [6, 6.07) is 16.2. The number of nitrogens with zero attached hydrogens (tertiary/aromatic N) is 3. The first-order valence-electron chi connectivity index (χ1n) is 9.52. The molecule has 0 aliphatic carbocycles. The minimum atomic E-state index is -0.00429. The van der Waals surface area contributed by atoms with Gasteiger partial charge in [0.05, 0.1) is 11.7 Å². The van der Waals surface area contributed by atoms with Crippen molar-refractivity contribution in [3.8, 4) is 34.7 Å². The molecule has 1 aromatic heterocycles. The Morgan fingerprint density at radius 1 is 1.18 bits per heavy atom. The highest BCUT2D eigenvalue weighted by molar-refractivity contribution is 5.63. The molecule has 2 aromatic carbocycles. The first-order valence-corrected chi connectivity index (χ1v) is 9.52. The summed E-state index contributed by atoms with van der Waals surface area (Å²) in [4.78, 5) is 4.50. The van der Waals surface area contributed by atoms with Crippen LogP contribution in [0, 0.1) is 11.3 Å². The fourth-order valence-corrected chi connectivity index (χ4v) is 3.40. The minimum absolute atomic E-state index is 0.00429. The molecule has 1 atom stereocenters. The van der Waals surface area contributed by atoms with Crippen molar-refractivity contribution in [1.29, 1.82) is 5.26 Å². The predicted molar refractivity (Wildman–Crippen MR) is 106 cm³/mol. The standard InChI is InChI=1S/C22H22N4O2/c1-14(2)27-20-10-9-17(12-18(20)13-23)22-25-21(26-28-22)16-7-5-15(6-8-16)19-4-3-11-24-19/h5-10,12,14,19,24H,3-4,11H2,1-2H3. The van der Waals surface area contributed by atoms with E-state index in [4.69, 9.17) is 9.26 Å². The van der Waals surface area contributed by atoms with Crippen molar-refractivity contribution in [2.24, 2.45) is 0 Å². The molecule has 1 aliphatic rings. The lowest BCUT2D eigenvalue weighted by molar-refractivity contribution is 0.242. The molecule has 28 heavy (non-hydrogen) atoms. The van der Waals surface area contributed by atoms with Gasteiger partial charge in [-0.2, -0.15) is 10.2 Å². The molecule has 6 heteroatoms. The van der Waals surface area contributed by atoms with Gasteiger partial charge in [0.2, 0.25) is 5.82 Å². The van der Waals surface area contributed by atoms with E-state index in [1.54, 1.807) is 12.1 Å². The fraction of sp³-hybridized carbons (Fsp3) is 0.318. The Morgan fingerprint density at radius 2 is 1.96 bits per heavy atom. The molecule has 1 saturated heterocycles. The van der Waals surface area contributed by atoms with Crippen molar-refractivity contribution in [3.05, 3.63) is 53.6 Å². The van der Waals surface area contributed by atoms with Crippen LogP contribution >= 0.6 is 0 Å². The second-order valence-electron chi connectivity index (χ2n) is 7.18. The highest BCUT2D eigenvalue weighted by atomic mass is 16.5. The zero-order valence-electron chi connectivity index (χ0n) is 16.0. The summed E-state index contributed by atoms with van der Waals surface area (Å²) in [6.07, 6.45) is 2.38. The molecular formula is C22H22N4O2. The molecule has 0 bridgehead atoms. The molecule has 1 fully saturated rings. The van der Waals surface area contributed by atoms with Crippen molar-refractivity contribution in [3.63, 3.8) is 0 Å². The van der Waals surface area contributed by atoms with Gasteiger partial charge in [0.1, 0.15) is 11.8 Å². The van der Waals surface area contributed by atoms with Gasteiger partial charge in [0, 0.05) is 17.2 Å². The maximum atomic E-state index is 9.40. The SMILES string of the molecule is CC(C)Oc1ccc(-c2nc(-c3ccc(C4CCCN4)cc3)no2)cc1C#N. The molecule has 142 valence electrons. The smallest absolute Gasteiger partial charge is 0.258 e. The number of rotatable bonds is 5. The van der Waals surface area contributed by atoms with E-state index in [0.717, 1.165) is 12.1 Å². The quantitative estimate of drug-likeness (QED) is 0.708. The van der Waals surface area contributed by atoms with E-state index in [9.17, 15) is 5.26 Å². The summed E-state index contributed by atoms with van der Waals surface area (Å²) in [5, 5.41) is 17.0. The molecule has 1 unspecified atom stereocenters. The Bertz CT molecular complexity index is 996. The van der Waals surface area contributed by atoms with Crippen LogP contribution in [0.1, 0.15) is 43.9 Å². The number of aromatic nitrogens is 2. The predicted octanol–water partition coefficient (Wildman–Crippen LogP) is 4.49. The van der Waals surface area contributed by atoms with E-state index in [2.05, 4.69) is 33.7 Å².